The van der Waals surface area contributed by atoms with Crippen LogP contribution >= 0.6 is 11.3 Å². The minimum atomic E-state index is -0.396. The molecule has 1 saturated heterocycles. The van der Waals surface area contributed by atoms with E-state index < -0.39 is 5.97 Å². The third-order valence-electron chi connectivity index (χ3n) is 5.35. The van der Waals surface area contributed by atoms with Gasteiger partial charge in [0.25, 0.3) is 0 Å². The number of esters is 1. The third kappa shape index (κ3) is 4.66. The summed E-state index contributed by atoms with van der Waals surface area (Å²) < 4.78 is 12.2. The van der Waals surface area contributed by atoms with Crippen LogP contribution in [0.15, 0.2) is 35.8 Å². The fraction of sp³-hybridized carbons (Fsp3) is 0.364. The summed E-state index contributed by atoms with van der Waals surface area (Å²) in [5, 5.41) is 7.11. The number of thiazole rings is 1. The molecule has 0 unspecified atom stereocenters. The largest absolute Gasteiger partial charge is 0.497 e. The number of piperazine rings is 1. The topological polar surface area (TPSA) is 89.8 Å². The monoisotopic (exact) mass is 455 g/mol. The molecule has 1 aliphatic heterocycles. The predicted octanol–water partition coefficient (Wildman–Crippen LogP) is 2.46. The number of nitrogens with zero attached hydrogens (tertiary/aromatic N) is 5. The van der Waals surface area contributed by atoms with Gasteiger partial charge in [0.05, 0.1) is 31.3 Å². The number of ether oxygens (including phenoxy) is 2. The zero-order valence-corrected chi connectivity index (χ0v) is 18.9. The van der Waals surface area contributed by atoms with Crippen molar-refractivity contribution in [3.8, 4) is 22.1 Å². The average molecular weight is 456 g/mol. The molecule has 1 fully saturated rings. The summed E-state index contributed by atoms with van der Waals surface area (Å²) in [5.74, 6) is 0.388. The molecule has 0 saturated carbocycles. The second-order valence-corrected chi connectivity index (χ2v) is 8.14. The highest BCUT2D eigenvalue weighted by molar-refractivity contribution is 7.12. The molecular weight excluding hydrogens is 430 g/mol. The summed E-state index contributed by atoms with van der Waals surface area (Å²) in [7, 11) is 1.63. The predicted molar refractivity (Wildman–Crippen MR) is 120 cm³/mol. The molecule has 3 heterocycles. The molecule has 3 aromatic rings. The first kappa shape index (κ1) is 22.0. The average Bonchev–Trinajstić information content (AvgIpc) is 3.47. The number of carbonyl (C=O) groups is 2. The molecule has 9 nitrogen and oxygen atoms in total. The molecule has 0 radical (unpaired) electrons. The lowest BCUT2D eigenvalue weighted by molar-refractivity contribution is -0.119. The number of methoxy groups -OCH3 is 1. The number of benzene rings is 1. The van der Waals surface area contributed by atoms with E-state index >= 15 is 0 Å². The highest BCUT2D eigenvalue weighted by Gasteiger charge is 2.25. The third-order valence-corrected chi connectivity index (χ3v) is 6.17. The van der Waals surface area contributed by atoms with E-state index in [0.29, 0.717) is 36.9 Å². The van der Waals surface area contributed by atoms with Gasteiger partial charge in [0, 0.05) is 43.7 Å². The second-order valence-electron chi connectivity index (χ2n) is 7.30. The van der Waals surface area contributed by atoms with Crippen LogP contribution in [0.25, 0.3) is 16.4 Å². The maximum Gasteiger partial charge on any atom is 0.341 e. The van der Waals surface area contributed by atoms with Crippen molar-refractivity contribution in [2.75, 3.05) is 39.9 Å². The summed E-state index contributed by atoms with van der Waals surface area (Å²) in [6.07, 6.45) is 2.42. The molecule has 0 atom stereocenters. The molecule has 1 aromatic carbocycles. The van der Waals surface area contributed by atoms with Crippen LogP contribution in [-0.2, 0) is 16.1 Å². The summed E-state index contributed by atoms with van der Waals surface area (Å²) >= 11 is 1.46. The van der Waals surface area contributed by atoms with Gasteiger partial charge < -0.3 is 14.4 Å². The first-order chi connectivity index (χ1) is 15.6. The molecule has 2 aromatic heterocycles. The fourth-order valence-corrected chi connectivity index (χ4v) is 4.38. The smallest absolute Gasteiger partial charge is 0.341 e. The van der Waals surface area contributed by atoms with Crippen LogP contribution in [0.1, 0.15) is 23.0 Å². The van der Waals surface area contributed by atoms with Gasteiger partial charge >= 0.3 is 5.97 Å². The van der Waals surface area contributed by atoms with Crippen molar-refractivity contribution in [2.24, 2.45) is 0 Å². The van der Waals surface area contributed by atoms with Crippen LogP contribution in [0, 0.1) is 0 Å². The van der Waals surface area contributed by atoms with Crippen molar-refractivity contribution in [1.29, 1.82) is 0 Å². The normalized spacial score (nSPS) is 14.4. The Bertz CT molecular complexity index is 1070. The number of hydrogen-bond acceptors (Lipinski definition) is 8. The van der Waals surface area contributed by atoms with E-state index in [0.717, 1.165) is 42.2 Å². The first-order valence-corrected chi connectivity index (χ1v) is 11.3. The number of aromatic nitrogens is 3. The van der Waals surface area contributed by atoms with Gasteiger partial charge in [-0.2, -0.15) is 5.10 Å². The van der Waals surface area contributed by atoms with Crippen molar-refractivity contribution in [3.05, 3.63) is 47.1 Å². The van der Waals surface area contributed by atoms with Crippen LogP contribution < -0.4 is 4.74 Å². The molecule has 0 aliphatic carbocycles. The Balaban J connectivity index is 1.62. The van der Waals surface area contributed by atoms with E-state index in [1.54, 1.807) is 29.8 Å². The zero-order valence-electron chi connectivity index (χ0n) is 18.1. The van der Waals surface area contributed by atoms with E-state index in [4.69, 9.17) is 14.5 Å². The highest BCUT2D eigenvalue weighted by atomic mass is 32.1. The van der Waals surface area contributed by atoms with Crippen LogP contribution in [0.5, 0.6) is 5.75 Å². The van der Waals surface area contributed by atoms with Crippen molar-refractivity contribution in [1.82, 2.24) is 24.6 Å². The standard InChI is InChI=1S/C22H25N5O4S/c1-3-31-21(29)18-12-23-27(20(18)13-25-8-10-26(15-28)11-9-25)22-24-19(14-32-22)16-4-6-17(30-2)7-5-16/h4-7,12,14-15H,3,8-11,13H2,1-2H3. The van der Waals surface area contributed by atoms with E-state index in [1.165, 1.54) is 11.3 Å². The second kappa shape index (κ2) is 9.92. The van der Waals surface area contributed by atoms with E-state index in [2.05, 4.69) is 10.00 Å². The van der Waals surface area contributed by atoms with E-state index in [1.807, 2.05) is 29.6 Å². The lowest BCUT2D eigenvalue weighted by Crippen LogP contribution is -2.45. The maximum atomic E-state index is 12.6. The van der Waals surface area contributed by atoms with Gasteiger partial charge in [0.2, 0.25) is 11.5 Å². The molecule has 10 heteroatoms. The SMILES string of the molecule is CCOC(=O)c1cnn(-c2nc(-c3ccc(OC)cc3)cs2)c1CN1CCN(C=O)CC1. The minimum Gasteiger partial charge on any atom is -0.497 e. The Labute approximate surface area is 190 Å². The molecule has 168 valence electrons. The maximum absolute atomic E-state index is 12.6. The number of carbonyl (C=O) groups excluding carboxylic acids is 2. The Hall–Kier alpha value is -3.24. The van der Waals surface area contributed by atoms with Crippen LogP contribution in [-0.4, -0.2) is 76.8 Å². The summed E-state index contributed by atoms with van der Waals surface area (Å²) in [6.45, 7) is 5.35. The first-order valence-electron chi connectivity index (χ1n) is 10.4. The molecule has 0 spiro atoms. The molecule has 1 amide bonds. The van der Waals surface area contributed by atoms with Crippen LogP contribution in [0.4, 0.5) is 0 Å². The Morgan fingerprint density at radius 3 is 2.59 bits per heavy atom. The fourth-order valence-electron chi connectivity index (χ4n) is 3.56. The number of rotatable bonds is 8. The summed E-state index contributed by atoms with van der Waals surface area (Å²) in [6, 6.07) is 7.70. The van der Waals surface area contributed by atoms with E-state index in [-0.39, 0.29) is 0 Å². The quantitative estimate of drug-likeness (QED) is 0.381. The van der Waals surface area contributed by atoms with Crippen LogP contribution in [0.3, 0.4) is 0 Å². The van der Waals surface area contributed by atoms with Gasteiger partial charge in [0.1, 0.15) is 11.3 Å². The van der Waals surface area contributed by atoms with Crippen LogP contribution in [0.2, 0.25) is 0 Å². The number of amides is 1. The number of hydrogen-bond donors (Lipinski definition) is 0. The van der Waals surface area contributed by atoms with Gasteiger partial charge in [-0.1, -0.05) is 0 Å². The molecule has 0 N–H and O–H groups in total. The molecule has 0 bridgehead atoms. The van der Waals surface area contributed by atoms with Gasteiger partial charge in [0.15, 0.2) is 0 Å². The molecule has 1 aliphatic rings. The molecule has 4 rings (SSSR count). The molecule has 32 heavy (non-hydrogen) atoms. The van der Waals surface area contributed by atoms with Gasteiger partial charge in [-0.15, -0.1) is 11.3 Å². The van der Waals surface area contributed by atoms with Crippen molar-refractivity contribution < 1.29 is 19.1 Å². The Kier molecular flexibility index (Phi) is 6.81. The van der Waals surface area contributed by atoms with Crippen molar-refractivity contribution in [3.63, 3.8) is 0 Å². The minimum absolute atomic E-state index is 0.292. The lowest BCUT2D eigenvalue weighted by atomic mass is 10.2. The van der Waals surface area contributed by atoms with Gasteiger partial charge in [-0.05, 0) is 31.2 Å². The summed E-state index contributed by atoms with van der Waals surface area (Å²) in [5.41, 5.74) is 2.97. The Morgan fingerprint density at radius 1 is 1.19 bits per heavy atom. The van der Waals surface area contributed by atoms with Crippen molar-refractivity contribution >= 4 is 23.7 Å². The van der Waals surface area contributed by atoms with Gasteiger partial charge in [-0.3, -0.25) is 9.69 Å². The zero-order chi connectivity index (χ0) is 22.5. The summed E-state index contributed by atoms with van der Waals surface area (Å²) in [4.78, 5) is 32.3. The lowest BCUT2D eigenvalue weighted by Gasteiger charge is -2.32. The van der Waals surface area contributed by atoms with E-state index in [9.17, 15) is 9.59 Å². The van der Waals surface area contributed by atoms with Gasteiger partial charge in [-0.25, -0.2) is 14.5 Å². The Morgan fingerprint density at radius 2 is 1.94 bits per heavy atom. The highest BCUT2D eigenvalue weighted by Crippen LogP contribution is 2.27. The molecular formula is C22H25N5O4S. The van der Waals surface area contributed by atoms with Crippen molar-refractivity contribution in [2.45, 2.75) is 13.5 Å².